The number of rotatable bonds is 39. The number of halogens is 1. The van der Waals surface area contributed by atoms with E-state index in [1.54, 1.807) is 38.1 Å². The first-order valence-corrected chi connectivity index (χ1v) is 31.1. The van der Waals surface area contributed by atoms with Crippen molar-refractivity contribution in [2.45, 2.75) is 159 Å². The van der Waals surface area contributed by atoms with Crippen LogP contribution in [0.4, 0.5) is 0 Å². The van der Waals surface area contributed by atoms with Crippen molar-refractivity contribution in [3.05, 3.63) is 53.6 Å². The standard InChI is InChI=1S/C54H84ClN18O18P/c1-27(2)18-36(48(82)67-34(44(57)78)14-15-42(56)76)70-49(83)37(19-31-10-12-32(13-11-31)22-62-43(77)21-55)68-46(80)29(4)65-52(86)41-9-7-17-73(41)53(87)39(24-74)71-51(85)40(25-91-92(88,89)90)72-50(84)38(20-33-23-60-26-63-33)69-45(79)28(3)64-47(81)35(66-30(5)75)8-6-16-61-54(58)59/h10-13,23,26-29,34-41,74H,6-9,14-22,24-25H2,1-5H3,(H2,56,76)(H2,57,78)(H,60,63)(H,62,77)(H,64,81)(H,65,86)(H,66,75)(H,67,82)(H,68,80)(H,69,79)(H,70,83)(H,71,85)(H,72,84)(H4,58,59,61)(H2,88,89,90). The first-order valence-electron chi connectivity index (χ1n) is 29.0. The Bertz CT molecular complexity index is 2990. The van der Waals surface area contributed by atoms with E-state index in [9.17, 15) is 81.8 Å². The van der Waals surface area contributed by atoms with Crippen LogP contribution < -0.4 is 76.1 Å². The molecular weight excluding hydrogens is 1260 g/mol. The van der Waals surface area contributed by atoms with E-state index in [0.29, 0.717) is 11.1 Å². The maximum Gasteiger partial charge on any atom is 0.469 e. The molecule has 0 radical (unpaired) electrons. The summed E-state index contributed by atoms with van der Waals surface area (Å²) in [6.45, 7) is 4.86. The number of nitrogens with two attached hydrogens (primary N) is 4. The van der Waals surface area contributed by atoms with Crippen LogP contribution in [-0.2, 0) is 90.8 Å². The number of aromatic nitrogens is 2. The van der Waals surface area contributed by atoms with Gasteiger partial charge in [0.2, 0.25) is 76.8 Å². The van der Waals surface area contributed by atoms with Crippen LogP contribution in [0, 0.1) is 5.92 Å². The Morgan fingerprint density at radius 1 is 0.707 bits per heavy atom. The van der Waals surface area contributed by atoms with E-state index in [1.807, 2.05) is 0 Å². The van der Waals surface area contributed by atoms with Crippen molar-refractivity contribution >= 4 is 102 Å². The number of aromatic amines is 1. The Kier molecular flexibility index (Phi) is 32.1. The number of nitrogens with zero attached hydrogens (tertiary/aromatic N) is 3. The second kappa shape index (κ2) is 38.1. The van der Waals surface area contributed by atoms with Gasteiger partial charge < -0.3 is 101 Å². The molecule has 1 aliphatic rings. The van der Waals surface area contributed by atoms with E-state index >= 15 is 0 Å². The van der Waals surface area contributed by atoms with Crippen LogP contribution in [0.2, 0.25) is 0 Å². The van der Waals surface area contributed by atoms with Crippen LogP contribution in [0.25, 0.3) is 0 Å². The predicted octanol–water partition coefficient (Wildman–Crippen LogP) is -6.58. The molecule has 1 aliphatic heterocycles. The molecule has 0 aliphatic carbocycles. The molecule has 510 valence electrons. The van der Waals surface area contributed by atoms with Gasteiger partial charge in [-0.1, -0.05) is 38.1 Å². The van der Waals surface area contributed by atoms with Gasteiger partial charge in [-0.3, -0.25) is 71.8 Å². The van der Waals surface area contributed by atoms with E-state index < -0.39 is 158 Å². The first kappa shape index (κ1) is 77.4. The van der Waals surface area contributed by atoms with Crippen molar-refractivity contribution in [3.63, 3.8) is 0 Å². The highest BCUT2D eigenvalue weighted by atomic mass is 35.5. The number of nitrogens with one attached hydrogen (secondary N) is 11. The summed E-state index contributed by atoms with van der Waals surface area (Å²) < 4.78 is 16.5. The number of phosphoric acid groups is 1. The number of amides is 13. The fourth-order valence-corrected chi connectivity index (χ4v) is 9.52. The third-order valence-corrected chi connectivity index (χ3v) is 14.5. The molecule has 0 bridgehead atoms. The number of benzene rings is 1. The zero-order chi connectivity index (χ0) is 69.0. The summed E-state index contributed by atoms with van der Waals surface area (Å²) in [6, 6.07) is -8.58. The van der Waals surface area contributed by atoms with Crippen molar-refractivity contribution in [3.8, 4) is 0 Å². The van der Waals surface area contributed by atoms with Gasteiger partial charge in [-0.05, 0) is 69.4 Å². The smallest absolute Gasteiger partial charge is 0.394 e. The number of aliphatic imine (C=N–C) groups is 1. The fourth-order valence-electron chi connectivity index (χ4n) is 9.08. The molecule has 1 fully saturated rings. The fraction of sp³-hybridized carbons (Fsp3) is 0.574. The Morgan fingerprint density at radius 3 is 1.79 bits per heavy atom. The molecule has 0 saturated carbocycles. The third kappa shape index (κ3) is 27.7. The molecule has 22 N–H and O–H groups in total. The van der Waals surface area contributed by atoms with Gasteiger partial charge in [-0.25, -0.2) is 9.55 Å². The van der Waals surface area contributed by atoms with Crippen molar-refractivity contribution in [2.24, 2.45) is 33.8 Å². The second-order valence-electron chi connectivity index (χ2n) is 21.9. The van der Waals surface area contributed by atoms with Gasteiger partial charge in [0.25, 0.3) is 0 Å². The van der Waals surface area contributed by atoms with E-state index in [-0.39, 0.29) is 101 Å². The highest BCUT2D eigenvalue weighted by molar-refractivity contribution is 7.46. The highest BCUT2D eigenvalue weighted by Gasteiger charge is 2.41. The number of phosphoric ester groups is 1. The lowest BCUT2D eigenvalue weighted by molar-refractivity contribution is -0.143. The number of guanidine groups is 1. The first-order chi connectivity index (χ1) is 43.2. The maximum atomic E-state index is 14.3. The van der Waals surface area contributed by atoms with Gasteiger partial charge in [0.05, 0.1) is 19.5 Å². The predicted molar refractivity (Wildman–Crippen MR) is 326 cm³/mol. The molecule has 2 aromatic rings. The topological polar surface area (TPSA) is 578 Å². The van der Waals surface area contributed by atoms with Crippen molar-refractivity contribution < 1.29 is 86.3 Å². The number of hydrogen-bond donors (Lipinski definition) is 18. The van der Waals surface area contributed by atoms with Gasteiger partial charge in [-0.2, -0.15) is 0 Å². The van der Waals surface area contributed by atoms with Gasteiger partial charge in [0.1, 0.15) is 66.3 Å². The molecule has 1 aromatic heterocycles. The minimum absolute atomic E-state index is 0.00976. The van der Waals surface area contributed by atoms with Crippen LogP contribution in [0.3, 0.4) is 0 Å². The van der Waals surface area contributed by atoms with E-state index in [2.05, 4.69) is 72.7 Å². The number of aliphatic hydroxyl groups excluding tert-OH is 1. The number of aliphatic hydroxyl groups is 1. The molecule has 1 aromatic carbocycles. The van der Waals surface area contributed by atoms with Crippen LogP contribution in [0.15, 0.2) is 41.8 Å². The number of likely N-dealkylation sites (tertiary alicyclic amines) is 1. The largest absolute Gasteiger partial charge is 0.469 e. The summed E-state index contributed by atoms with van der Waals surface area (Å²) in [5.74, 6) is -12.4. The minimum Gasteiger partial charge on any atom is -0.394 e. The van der Waals surface area contributed by atoms with Crippen molar-refractivity contribution in [1.29, 1.82) is 0 Å². The number of alkyl halides is 1. The number of carbonyl (C=O) groups excluding carboxylic acids is 13. The Labute approximate surface area is 533 Å². The van der Waals surface area contributed by atoms with Crippen LogP contribution in [0.1, 0.15) is 96.4 Å². The van der Waals surface area contributed by atoms with Crippen LogP contribution >= 0.6 is 19.4 Å². The molecule has 92 heavy (non-hydrogen) atoms. The molecule has 0 spiro atoms. The van der Waals surface area contributed by atoms with E-state index in [0.717, 1.165) is 4.90 Å². The quantitative estimate of drug-likeness (QED) is 0.00973. The Hall–Kier alpha value is -8.83. The van der Waals surface area contributed by atoms with E-state index in [4.69, 9.17) is 34.5 Å². The SMILES string of the molecule is CC(=O)NC(CCCN=C(N)N)C(=O)NC(C)C(=O)NC(Cc1cnc[nH]1)C(=O)NC(COP(=O)(O)O)C(=O)NC(CO)C(=O)N1CCCC1C(=O)NC(C)C(=O)NC(Cc1ccc(CNC(=O)CCl)cc1)C(=O)NC(CC(C)C)C(=O)NC(CCC(N)=O)C(N)=O. The Balaban J connectivity index is 1.84. The zero-order valence-corrected chi connectivity index (χ0v) is 53.0. The molecule has 10 unspecified atom stereocenters. The van der Waals surface area contributed by atoms with Crippen LogP contribution in [0.5, 0.6) is 0 Å². The van der Waals surface area contributed by atoms with Crippen molar-refractivity contribution in [1.82, 2.24) is 68.0 Å². The average Bonchev–Trinajstić information content (AvgIpc) is 1.59. The average molecular weight is 1340 g/mol. The molecule has 1 saturated heterocycles. The Morgan fingerprint density at radius 2 is 1.25 bits per heavy atom. The lowest BCUT2D eigenvalue weighted by Crippen LogP contribution is -2.61. The van der Waals surface area contributed by atoms with Crippen molar-refractivity contribution in [2.75, 3.05) is 32.2 Å². The highest BCUT2D eigenvalue weighted by Crippen LogP contribution is 2.35. The summed E-state index contributed by atoms with van der Waals surface area (Å²) in [6.07, 6.45) is 1.90. The summed E-state index contributed by atoms with van der Waals surface area (Å²) in [5, 5.41) is 35.0. The monoisotopic (exact) mass is 1340 g/mol. The molecule has 36 nitrogen and oxygen atoms in total. The summed E-state index contributed by atoms with van der Waals surface area (Å²) in [5.41, 5.74) is 22.8. The minimum atomic E-state index is -5.40. The van der Waals surface area contributed by atoms with E-state index in [1.165, 1.54) is 33.3 Å². The zero-order valence-electron chi connectivity index (χ0n) is 51.4. The second-order valence-corrected chi connectivity index (χ2v) is 23.4. The van der Waals surface area contributed by atoms with Crippen LogP contribution in [-0.4, -0.2) is 205 Å². The summed E-state index contributed by atoms with van der Waals surface area (Å²) >= 11 is 5.59. The lowest BCUT2D eigenvalue weighted by atomic mass is 9.99. The van der Waals surface area contributed by atoms with Gasteiger partial charge in [0, 0.05) is 57.7 Å². The lowest BCUT2D eigenvalue weighted by Gasteiger charge is -2.30. The number of primary amides is 2. The molecular formula is C54H84ClN18O18P. The number of imidazole rings is 1. The molecule has 2 heterocycles. The van der Waals surface area contributed by atoms with Gasteiger partial charge in [0.15, 0.2) is 5.96 Å². The molecule has 38 heteroatoms. The summed E-state index contributed by atoms with van der Waals surface area (Å²) in [7, 11) is -5.40. The summed E-state index contributed by atoms with van der Waals surface area (Å²) in [4.78, 5) is 203. The normalized spacial score (nSPS) is 15.8. The maximum absolute atomic E-state index is 14.3. The number of hydrogen-bond acceptors (Lipinski definition) is 18. The van der Waals surface area contributed by atoms with Gasteiger partial charge in [-0.15, -0.1) is 11.6 Å². The number of H-pyrrole nitrogens is 1. The molecule has 13 amide bonds. The number of carbonyl (C=O) groups is 13. The van der Waals surface area contributed by atoms with Gasteiger partial charge >= 0.3 is 7.82 Å². The molecule has 10 atom stereocenters. The third-order valence-electron chi connectivity index (χ3n) is 13.8. The molecule has 3 rings (SSSR count).